The van der Waals surface area contributed by atoms with E-state index in [1.54, 1.807) is 24.4 Å². The fourth-order valence-electron chi connectivity index (χ4n) is 1.49. The van der Waals surface area contributed by atoms with Gasteiger partial charge in [-0.25, -0.2) is 9.97 Å². The number of nitriles is 1. The number of nitrogens with zero attached hydrogens (tertiary/aromatic N) is 3. The van der Waals surface area contributed by atoms with Crippen LogP contribution in [0.4, 0.5) is 5.95 Å². The molecule has 1 aromatic carbocycles. The first-order valence-corrected chi connectivity index (χ1v) is 5.53. The van der Waals surface area contributed by atoms with Crippen molar-refractivity contribution in [2.24, 2.45) is 0 Å². The molecule has 0 amide bonds. The Kier molecular flexibility index (Phi) is 3.72. The van der Waals surface area contributed by atoms with Gasteiger partial charge in [0, 0.05) is 12.7 Å². The molecule has 90 valence electrons. The molecule has 0 aliphatic heterocycles. The normalized spacial score (nSPS) is 9.72. The van der Waals surface area contributed by atoms with E-state index in [0.29, 0.717) is 18.2 Å². The second-order valence-corrected chi connectivity index (χ2v) is 3.72. The maximum absolute atomic E-state index is 9.15. The van der Waals surface area contributed by atoms with Crippen molar-refractivity contribution < 1.29 is 5.11 Å². The van der Waals surface area contributed by atoms with Crippen LogP contribution in [0.1, 0.15) is 11.3 Å². The van der Waals surface area contributed by atoms with Crippen molar-refractivity contribution in [3.63, 3.8) is 0 Å². The van der Waals surface area contributed by atoms with Gasteiger partial charge in [0.25, 0.3) is 0 Å². The third-order valence-electron chi connectivity index (χ3n) is 2.40. The van der Waals surface area contributed by atoms with Crippen molar-refractivity contribution >= 4 is 5.95 Å². The highest BCUT2D eigenvalue weighted by Crippen LogP contribution is 2.10. The molecule has 0 aliphatic rings. The minimum atomic E-state index is 0.261. The minimum absolute atomic E-state index is 0.261. The van der Waals surface area contributed by atoms with Crippen LogP contribution in [0.15, 0.2) is 36.5 Å². The molecule has 0 fully saturated rings. The lowest BCUT2D eigenvalue weighted by Crippen LogP contribution is -2.08. The summed E-state index contributed by atoms with van der Waals surface area (Å²) in [5, 5.41) is 20.9. The molecule has 0 unspecified atom stereocenters. The van der Waals surface area contributed by atoms with Crippen LogP contribution in [0, 0.1) is 11.3 Å². The first-order valence-electron chi connectivity index (χ1n) is 5.53. The summed E-state index contributed by atoms with van der Waals surface area (Å²) in [6, 6.07) is 10.6. The highest BCUT2D eigenvalue weighted by atomic mass is 16.3. The van der Waals surface area contributed by atoms with E-state index in [-0.39, 0.29) is 5.75 Å². The minimum Gasteiger partial charge on any atom is -0.508 e. The Morgan fingerprint density at radius 2 is 2.00 bits per heavy atom. The second-order valence-electron chi connectivity index (χ2n) is 3.72. The average molecular weight is 240 g/mol. The van der Waals surface area contributed by atoms with Gasteiger partial charge in [0.15, 0.2) is 0 Å². The van der Waals surface area contributed by atoms with E-state index in [1.807, 2.05) is 18.2 Å². The Morgan fingerprint density at radius 1 is 1.22 bits per heavy atom. The van der Waals surface area contributed by atoms with Crippen LogP contribution >= 0.6 is 0 Å². The highest BCUT2D eigenvalue weighted by molar-refractivity contribution is 5.31. The molecule has 2 aromatic rings. The van der Waals surface area contributed by atoms with Crippen LogP contribution in [-0.4, -0.2) is 21.6 Å². The molecule has 0 atom stereocenters. The number of hydrogen-bond donors (Lipinski definition) is 2. The Morgan fingerprint density at radius 3 is 2.72 bits per heavy atom. The topological polar surface area (TPSA) is 81.8 Å². The van der Waals surface area contributed by atoms with Crippen molar-refractivity contribution in [1.29, 1.82) is 5.26 Å². The van der Waals surface area contributed by atoms with E-state index in [1.165, 1.54) is 0 Å². The predicted molar refractivity (Wildman–Crippen MR) is 67.0 cm³/mol. The van der Waals surface area contributed by atoms with Crippen LogP contribution < -0.4 is 5.32 Å². The van der Waals surface area contributed by atoms with Crippen molar-refractivity contribution in [3.8, 4) is 11.8 Å². The second kappa shape index (κ2) is 5.64. The van der Waals surface area contributed by atoms with E-state index in [4.69, 9.17) is 10.4 Å². The van der Waals surface area contributed by atoms with Gasteiger partial charge in [-0.05, 0) is 30.2 Å². The Labute approximate surface area is 105 Å². The first kappa shape index (κ1) is 11.9. The predicted octanol–water partition coefficient (Wildman–Crippen LogP) is 1.71. The summed E-state index contributed by atoms with van der Waals surface area (Å²) in [4.78, 5) is 8.03. The summed E-state index contributed by atoms with van der Waals surface area (Å²) in [5.74, 6) is 0.713. The van der Waals surface area contributed by atoms with Crippen molar-refractivity contribution in [2.75, 3.05) is 11.9 Å². The Bertz CT molecular complexity index is 560. The first-order chi connectivity index (χ1) is 8.78. The third kappa shape index (κ3) is 3.19. The number of anilines is 1. The van der Waals surface area contributed by atoms with Gasteiger partial charge < -0.3 is 10.4 Å². The van der Waals surface area contributed by atoms with Gasteiger partial charge in [0.05, 0.1) is 0 Å². The molecule has 5 heteroatoms. The monoisotopic (exact) mass is 240 g/mol. The van der Waals surface area contributed by atoms with Gasteiger partial charge >= 0.3 is 0 Å². The summed E-state index contributed by atoms with van der Waals surface area (Å²) in [6.07, 6.45) is 2.34. The van der Waals surface area contributed by atoms with Crippen LogP contribution in [0.2, 0.25) is 0 Å². The van der Waals surface area contributed by atoms with E-state index < -0.39 is 0 Å². The Balaban J connectivity index is 1.88. The van der Waals surface area contributed by atoms with Gasteiger partial charge in [0.2, 0.25) is 5.95 Å². The number of rotatable bonds is 4. The molecule has 5 nitrogen and oxygen atoms in total. The maximum atomic E-state index is 9.15. The van der Waals surface area contributed by atoms with Crippen molar-refractivity contribution in [1.82, 2.24) is 9.97 Å². The standard InChI is InChI=1S/C13H12N4O/c14-9-11-6-8-16-13(17-11)15-7-5-10-1-3-12(18)4-2-10/h1-4,6,8,18H,5,7H2,(H,15,16,17). The van der Waals surface area contributed by atoms with E-state index in [0.717, 1.165) is 12.0 Å². The summed E-state index contributed by atoms with van der Waals surface area (Å²) in [7, 11) is 0. The molecule has 0 saturated heterocycles. The highest BCUT2D eigenvalue weighted by Gasteiger charge is 1.98. The number of hydrogen-bond acceptors (Lipinski definition) is 5. The van der Waals surface area contributed by atoms with Crippen LogP contribution in [0.3, 0.4) is 0 Å². The molecule has 0 spiro atoms. The molecule has 0 bridgehead atoms. The summed E-state index contributed by atoms with van der Waals surface area (Å²) in [6.45, 7) is 0.666. The zero-order chi connectivity index (χ0) is 12.8. The number of benzene rings is 1. The molecule has 0 radical (unpaired) electrons. The molecule has 0 saturated carbocycles. The fourth-order valence-corrected chi connectivity index (χ4v) is 1.49. The van der Waals surface area contributed by atoms with E-state index >= 15 is 0 Å². The molecular weight excluding hydrogens is 228 g/mol. The van der Waals surface area contributed by atoms with Crippen LogP contribution in [0.25, 0.3) is 0 Å². The number of nitrogens with one attached hydrogen (secondary N) is 1. The number of phenols is 1. The number of phenolic OH excluding ortho intramolecular Hbond substituents is 1. The molecule has 2 N–H and O–H groups in total. The van der Waals surface area contributed by atoms with Crippen LogP contribution in [-0.2, 0) is 6.42 Å². The van der Waals surface area contributed by atoms with Gasteiger partial charge in [-0.1, -0.05) is 12.1 Å². The third-order valence-corrected chi connectivity index (χ3v) is 2.40. The maximum Gasteiger partial charge on any atom is 0.223 e. The summed E-state index contributed by atoms with van der Waals surface area (Å²) in [5.41, 5.74) is 1.45. The molecule has 0 aliphatic carbocycles. The average Bonchev–Trinajstić information content (AvgIpc) is 2.41. The number of aromatic nitrogens is 2. The lowest BCUT2D eigenvalue weighted by molar-refractivity contribution is 0.475. The van der Waals surface area contributed by atoms with Gasteiger partial charge in [0.1, 0.15) is 17.5 Å². The molecule has 1 heterocycles. The summed E-state index contributed by atoms with van der Waals surface area (Å²) >= 11 is 0. The Hall–Kier alpha value is -2.61. The van der Waals surface area contributed by atoms with Gasteiger partial charge in [-0.3, -0.25) is 0 Å². The molecule has 18 heavy (non-hydrogen) atoms. The van der Waals surface area contributed by atoms with E-state index in [2.05, 4.69) is 15.3 Å². The lowest BCUT2D eigenvalue weighted by Gasteiger charge is -2.04. The molecule has 1 aromatic heterocycles. The van der Waals surface area contributed by atoms with Crippen molar-refractivity contribution in [2.45, 2.75) is 6.42 Å². The van der Waals surface area contributed by atoms with Gasteiger partial charge in [-0.2, -0.15) is 5.26 Å². The summed E-state index contributed by atoms with van der Waals surface area (Å²) < 4.78 is 0. The smallest absolute Gasteiger partial charge is 0.223 e. The lowest BCUT2D eigenvalue weighted by atomic mass is 10.1. The van der Waals surface area contributed by atoms with E-state index in [9.17, 15) is 0 Å². The van der Waals surface area contributed by atoms with Crippen molar-refractivity contribution in [3.05, 3.63) is 47.8 Å². The zero-order valence-electron chi connectivity index (χ0n) is 9.67. The SMILES string of the molecule is N#Cc1ccnc(NCCc2ccc(O)cc2)n1. The fraction of sp³-hybridized carbons (Fsp3) is 0.154. The molecule has 2 rings (SSSR count). The number of aromatic hydroxyl groups is 1. The zero-order valence-corrected chi connectivity index (χ0v) is 9.67. The molecular formula is C13H12N4O. The largest absolute Gasteiger partial charge is 0.508 e. The van der Waals surface area contributed by atoms with Gasteiger partial charge in [-0.15, -0.1) is 0 Å². The van der Waals surface area contributed by atoms with Crippen LogP contribution in [0.5, 0.6) is 5.75 Å². The quantitative estimate of drug-likeness (QED) is 0.850.